The third-order valence-electron chi connectivity index (χ3n) is 2.48. The maximum atomic E-state index is 11.6. The van der Waals surface area contributed by atoms with E-state index in [0.717, 1.165) is 19.3 Å². The number of nitrogens with one attached hydrogen (secondary N) is 1. The van der Waals surface area contributed by atoms with Crippen molar-refractivity contribution >= 4 is 17.5 Å². The van der Waals surface area contributed by atoms with Crippen LogP contribution in [0, 0.1) is 0 Å². The summed E-state index contributed by atoms with van der Waals surface area (Å²) < 4.78 is 0. The zero-order valence-electron chi connectivity index (χ0n) is 11.4. The fourth-order valence-electron chi connectivity index (χ4n) is 1.45. The molecule has 0 aromatic rings. The molecule has 0 bridgehead atoms. The standard InChI is InChI=1S/C15H21NO3/c1-4-9-13(5-2)14(18)15(19)16-11-8-6-7-10-12(3)17/h4-5,9H,1-2,6-8,10-11H2,3H3,(H,16,19)/b13-9+. The van der Waals surface area contributed by atoms with Gasteiger partial charge in [-0.15, -0.1) is 0 Å². The van der Waals surface area contributed by atoms with Gasteiger partial charge in [-0.05, 0) is 19.8 Å². The molecule has 4 heteroatoms. The SMILES string of the molecule is C=C/C=C(\C=C)C(=O)C(=O)NCCCCCC(C)=O. The van der Waals surface area contributed by atoms with Crippen LogP contribution < -0.4 is 5.32 Å². The van der Waals surface area contributed by atoms with Crippen molar-refractivity contribution in [2.45, 2.75) is 32.6 Å². The molecule has 19 heavy (non-hydrogen) atoms. The van der Waals surface area contributed by atoms with Crippen molar-refractivity contribution in [2.75, 3.05) is 6.54 Å². The molecule has 0 spiro atoms. The van der Waals surface area contributed by atoms with Crippen LogP contribution in [0.4, 0.5) is 0 Å². The van der Waals surface area contributed by atoms with Gasteiger partial charge in [0, 0.05) is 18.5 Å². The first-order valence-corrected chi connectivity index (χ1v) is 6.30. The molecule has 0 rings (SSSR count). The molecule has 1 amide bonds. The van der Waals surface area contributed by atoms with E-state index < -0.39 is 11.7 Å². The Morgan fingerprint density at radius 2 is 1.79 bits per heavy atom. The second-order valence-electron chi connectivity index (χ2n) is 4.16. The number of carbonyl (C=O) groups is 3. The Morgan fingerprint density at radius 3 is 2.32 bits per heavy atom. The van der Waals surface area contributed by atoms with E-state index in [1.807, 2.05) is 0 Å². The predicted molar refractivity (Wildman–Crippen MR) is 75.6 cm³/mol. The van der Waals surface area contributed by atoms with Crippen LogP contribution in [0.3, 0.4) is 0 Å². The number of ketones is 2. The molecule has 0 aliphatic heterocycles. The van der Waals surface area contributed by atoms with Gasteiger partial charge in [0.05, 0.1) is 0 Å². The summed E-state index contributed by atoms with van der Waals surface area (Å²) in [7, 11) is 0. The Bertz CT molecular complexity index is 394. The molecular weight excluding hydrogens is 242 g/mol. The fourth-order valence-corrected chi connectivity index (χ4v) is 1.45. The minimum absolute atomic E-state index is 0.171. The van der Waals surface area contributed by atoms with Gasteiger partial charge in [-0.25, -0.2) is 0 Å². The molecule has 0 aliphatic carbocycles. The molecule has 0 fully saturated rings. The van der Waals surface area contributed by atoms with Crippen molar-refractivity contribution in [1.29, 1.82) is 0 Å². The number of amides is 1. The number of rotatable bonds is 10. The van der Waals surface area contributed by atoms with Crippen LogP contribution >= 0.6 is 0 Å². The van der Waals surface area contributed by atoms with Crippen LogP contribution in [0.15, 0.2) is 37.0 Å². The van der Waals surface area contributed by atoms with E-state index in [4.69, 9.17) is 0 Å². The number of allylic oxidation sites excluding steroid dienone is 3. The average Bonchev–Trinajstić information content (AvgIpc) is 2.38. The average molecular weight is 263 g/mol. The molecule has 0 aromatic heterocycles. The molecule has 0 unspecified atom stereocenters. The van der Waals surface area contributed by atoms with Crippen LogP contribution in [-0.2, 0) is 14.4 Å². The normalized spacial score (nSPS) is 10.7. The van der Waals surface area contributed by atoms with Crippen LogP contribution in [0.2, 0.25) is 0 Å². The summed E-state index contributed by atoms with van der Waals surface area (Å²) in [5.41, 5.74) is 0.226. The first-order valence-electron chi connectivity index (χ1n) is 6.30. The quantitative estimate of drug-likeness (QED) is 0.284. The molecule has 104 valence electrons. The highest BCUT2D eigenvalue weighted by Crippen LogP contribution is 2.01. The third-order valence-corrected chi connectivity index (χ3v) is 2.48. The van der Waals surface area contributed by atoms with Gasteiger partial charge in [0.15, 0.2) is 0 Å². The number of unbranched alkanes of at least 4 members (excludes halogenated alkanes) is 2. The van der Waals surface area contributed by atoms with E-state index in [-0.39, 0.29) is 11.4 Å². The lowest BCUT2D eigenvalue weighted by molar-refractivity contribution is -0.135. The van der Waals surface area contributed by atoms with Gasteiger partial charge in [0.1, 0.15) is 5.78 Å². The third kappa shape index (κ3) is 7.86. The Morgan fingerprint density at radius 1 is 1.11 bits per heavy atom. The van der Waals surface area contributed by atoms with Crippen LogP contribution in [-0.4, -0.2) is 24.0 Å². The molecule has 4 nitrogen and oxygen atoms in total. The zero-order chi connectivity index (χ0) is 14.7. The van der Waals surface area contributed by atoms with Gasteiger partial charge in [0.2, 0.25) is 5.78 Å². The molecule has 0 aliphatic rings. The summed E-state index contributed by atoms with van der Waals surface area (Å²) in [6.45, 7) is 8.93. The van der Waals surface area contributed by atoms with Crippen molar-refractivity contribution < 1.29 is 14.4 Å². The summed E-state index contributed by atoms with van der Waals surface area (Å²) in [6.07, 6.45) is 7.19. The lowest BCUT2D eigenvalue weighted by Gasteiger charge is -2.04. The van der Waals surface area contributed by atoms with Crippen molar-refractivity contribution in [2.24, 2.45) is 0 Å². The van der Waals surface area contributed by atoms with Crippen molar-refractivity contribution in [1.82, 2.24) is 5.32 Å². The minimum Gasteiger partial charge on any atom is -0.349 e. The summed E-state index contributed by atoms with van der Waals surface area (Å²) >= 11 is 0. The van der Waals surface area contributed by atoms with Crippen LogP contribution in [0.5, 0.6) is 0 Å². The van der Waals surface area contributed by atoms with E-state index >= 15 is 0 Å². The Kier molecular flexibility index (Phi) is 8.96. The van der Waals surface area contributed by atoms with Crippen molar-refractivity contribution in [3.05, 3.63) is 37.0 Å². The zero-order valence-corrected chi connectivity index (χ0v) is 11.4. The number of carbonyl (C=O) groups excluding carboxylic acids is 3. The monoisotopic (exact) mass is 263 g/mol. The van der Waals surface area contributed by atoms with E-state index in [2.05, 4.69) is 18.5 Å². The molecule has 0 atom stereocenters. The van der Waals surface area contributed by atoms with Gasteiger partial charge in [0.25, 0.3) is 5.91 Å². The molecule has 0 heterocycles. The lowest BCUT2D eigenvalue weighted by atomic mass is 10.1. The number of hydrogen-bond donors (Lipinski definition) is 1. The summed E-state index contributed by atoms with van der Waals surface area (Å²) in [5, 5.41) is 2.55. The summed E-state index contributed by atoms with van der Waals surface area (Å²) in [4.78, 5) is 33.9. The molecular formula is C15H21NO3. The molecule has 1 N–H and O–H groups in total. The number of Topliss-reactive ketones (excluding diaryl/α,β-unsaturated/α-hetero) is 2. The molecule has 0 aromatic carbocycles. The van der Waals surface area contributed by atoms with E-state index in [9.17, 15) is 14.4 Å². The van der Waals surface area contributed by atoms with E-state index in [0.29, 0.717) is 13.0 Å². The Hall–Kier alpha value is -1.97. The Balaban J connectivity index is 3.95. The largest absolute Gasteiger partial charge is 0.349 e. The van der Waals surface area contributed by atoms with E-state index in [1.54, 1.807) is 6.92 Å². The van der Waals surface area contributed by atoms with Crippen molar-refractivity contribution in [3.63, 3.8) is 0 Å². The highest BCUT2D eigenvalue weighted by atomic mass is 16.2. The predicted octanol–water partition coefficient (Wildman–Crippen LogP) is 2.12. The first kappa shape index (κ1) is 17.0. The highest BCUT2D eigenvalue weighted by molar-refractivity contribution is 6.43. The smallest absolute Gasteiger partial charge is 0.292 e. The van der Waals surface area contributed by atoms with Crippen molar-refractivity contribution in [3.8, 4) is 0 Å². The summed E-state index contributed by atoms with van der Waals surface area (Å²) in [5.74, 6) is -1.08. The fraction of sp³-hybridized carbons (Fsp3) is 0.400. The van der Waals surface area contributed by atoms with Gasteiger partial charge in [-0.1, -0.05) is 37.8 Å². The maximum Gasteiger partial charge on any atom is 0.292 e. The van der Waals surface area contributed by atoms with Crippen LogP contribution in [0.1, 0.15) is 32.6 Å². The highest BCUT2D eigenvalue weighted by Gasteiger charge is 2.15. The van der Waals surface area contributed by atoms with Gasteiger partial charge in [-0.2, -0.15) is 0 Å². The number of hydrogen-bond acceptors (Lipinski definition) is 3. The van der Waals surface area contributed by atoms with Gasteiger partial charge in [-0.3, -0.25) is 9.59 Å². The lowest BCUT2D eigenvalue weighted by Crippen LogP contribution is -2.32. The van der Waals surface area contributed by atoms with Gasteiger partial charge < -0.3 is 10.1 Å². The first-order chi connectivity index (χ1) is 9.02. The maximum absolute atomic E-state index is 11.6. The molecule has 0 radical (unpaired) electrons. The van der Waals surface area contributed by atoms with Gasteiger partial charge >= 0.3 is 0 Å². The summed E-state index contributed by atoms with van der Waals surface area (Å²) in [6, 6.07) is 0. The van der Waals surface area contributed by atoms with Crippen LogP contribution in [0.25, 0.3) is 0 Å². The molecule has 0 saturated heterocycles. The second-order valence-corrected chi connectivity index (χ2v) is 4.16. The minimum atomic E-state index is -0.639. The second kappa shape index (κ2) is 10.00. The Labute approximate surface area is 114 Å². The molecule has 0 saturated carbocycles. The topological polar surface area (TPSA) is 63.2 Å². The van der Waals surface area contributed by atoms with E-state index in [1.165, 1.54) is 18.2 Å².